The Morgan fingerprint density at radius 1 is 1.12 bits per heavy atom. The Kier molecular flexibility index (Phi) is 4.74. The van der Waals surface area contributed by atoms with Crippen molar-refractivity contribution in [3.8, 4) is 0 Å². The van der Waals surface area contributed by atoms with Gasteiger partial charge in [-0.2, -0.15) is 0 Å². The normalized spacial score (nSPS) is 12.1. The van der Waals surface area contributed by atoms with Crippen molar-refractivity contribution >= 4 is 9.84 Å². The van der Waals surface area contributed by atoms with Crippen molar-refractivity contribution in [1.29, 1.82) is 0 Å². The molecule has 0 amide bonds. The number of allylic oxidation sites excluding steroid dienone is 1. The Labute approximate surface area is 97.9 Å². The first-order valence-corrected chi connectivity index (χ1v) is 7.16. The molecule has 2 nitrogen and oxygen atoms in total. The van der Waals surface area contributed by atoms with Crippen molar-refractivity contribution in [3.63, 3.8) is 0 Å². The van der Waals surface area contributed by atoms with Crippen molar-refractivity contribution < 1.29 is 8.42 Å². The summed E-state index contributed by atoms with van der Waals surface area (Å²) in [6.45, 7) is 4.01. The highest BCUT2D eigenvalue weighted by molar-refractivity contribution is 7.91. The average Bonchev–Trinajstić information content (AvgIpc) is 2.25. The molecule has 0 aliphatic rings. The second-order valence-corrected chi connectivity index (χ2v) is 5.89. The van der Waals surface area contributed by atoms with E-state index in [9.17, 15) is 8.42 Å². The molecule has 0 spiro atoms. The van der Waals surface area contributed by atoms with E-state index in [0.29, 0.717) is 4.90 Å². The summed E-state index contributed by atoms with van der Waals surface area (Å²) in [7, 11) is -3.14. The zero-order chi connectivity index (χ0) is 12.0. The van der Waals surface area contributed by atoms with Crippen molar-refractivity contribution in [1.82, 2.24) is 0 Å². The van der Waals surface area contributed by atoms with E-state index < -0.39 is 9.84 Å². The van der Waals surface area contributed by atoms with E-state index in [-0.39, 0.29) is 5.75 Å². The van der Waals surface area contributed by atoms with Crippen molar-refractivity contribution in [2.45, 2.75) is 31.6 Å². The molecule has 0 aliphatic heterocycles. The lowest BCUT2D eigenvalue weighted by Gasteiger charge is -2.01. The topological polar surface area (TPSA) is 34.1 Å². The number of unbranched alkanes of at least 4 members (excludes halogenated alkanes) is 1. The van der Waals surface area contributed by atoms with Crippen LogP contribution in [0.1, 0.15) is 25.3 Å². The zero-order valence-corrected chi connectivity index (χ0v) is 10.6. The third kappa shape index (κ3) is 3.81. The molecule has 0 N–H and O–H groups in total. The number of aryl methyl sites for hydroxylation is 1. The van der Waals surface area contributed by atoms with Gasteiger partial charge in [0.2, 0.25) is 0 Å². The summed E-state index contributed by atoms with van der Waals surface area (Å²) in [5.41, 5.74) is 1.07. The summed E-state index contributed by atoms with van der Waals surface area (Å²) in [6, 6.07) is 6.97. The largest absolute Gasteiger partial charge is 0.223 e. The van der Waals surface area contributed by atoms with Crippen LogP contribution in [-0.2, 0) is 9.84 Å². The molecule has 0 saturated heterocycles. The maximum atomic E-state index is 11.9. The minimum absolute atomic E-state index is 0.0933. The van der Waals surface area contributed by atoms with Gasteiger partial charge in [0, 0.05) is 0 Å². The van der Waals surface area contributed by atoms with Gasteiger partial charge in [-0.05, 0) is 25.5 Å². The van der Waals surface area contributed by atoms with Gasteiger partial charge in [-0.25, -0.2) is 8.42 Å². The molecule has 0 bridgehead atoms. The molecule has 0 heterocycles. The van der Waals surface area contributed by atoms with Gasteiger partial charge >= 0.3 is 0 Å². The molecular formula is C13H18O2S. The second-order valence-electron chi connectivity index (χ2n) is 3.85. The minimum Gasteiger partial charge on any atom is -0.223 e. The fourth-order valence-electron chi connectivity index (χ4n) is 1.32. The molecule has 0 saturated carbocycles. The Bertz CT molecular complexity index is 441. The van der Waals surface area contributed by atoms with Crippen LogP contribution in [0.2, 0.25) is 0 Å². The highest BCUT2D eigenvalue weighted by Gasteiger charge is 2.11. The van der Waals surface area contributed by atoms with E-state index in [2.05, 4.69) is 6.92 Å². The molecule has 0 aliphatic carbocycles. The van der Waals surface area contributed by atoms with Crippen LogP contribution in [0.4, 0.5) is 0 Å². The molecule has 0 fully saturated rings. The number of rotatable bonds is 5. The Morgan fingerprint density at radius 3 is 2.31 bits per heavy atom. The van der Waals surface area contributed by atoms with Crippen molar-refractivity contribution in [2.75, 3.05) is 5.75 Å². The molecule has 16 heavy (non-hydrogen) atoms. The first-order chi connectivity index (χ1) is 7.56. The monoisotopic (exact) mass is 238 g/mol. The molecule has 1 aromatic rings. The fourth-order valence-corrected chi connectivity index (χ4v) is 2.45. The summed E-state index contributed by atoms with van der Waals surface area (Å²) in [5, 5.41) is 0. The first-order valence-electron chi connectivity index (χ1n) is 5.50. The number of sulfone groups is 1. The molecule has 88 valence electrons. The van der Waals surface area contributed by atoms with Crippen LogP contribution in [0.3, 0.4) is 0 Å². The summed E-state index contributed by atoms with van der Waals surface area (Å²) in [4.78, 5) is 0.402. The quantitative estimate of drug-likeness (QED) is 0.739. The van der Waals surface area contributed by atoms with Gasteiger partial charge < -0.3 is 0 Å². The third-order valence-electron chi connectivity index (χ3n) is 2.32. The van der Waals surface area contributed by atoms with Gasteiger partial charge in [0.1, 0.15) is 0 Å². The minimum atomic E-state index is -3.14. The highest BCUT2D eigenvalue weighted by Crippen LogP contribution is 2.12. The van der Waals surface area contributed by atoms with Crippen LogP contribution in [0.15, 0.2) is 41.3 Å². The molecular weight excluding hydrogens is 220 g/mol. The Morgan fingerprint density at radius 2 is 1.75 bits per heavy atom. The van der Waals surface area contributed by atoms with Crippen LogP contribution in [-0.4, -0.2) is 14.2 Å². The smallest absolute Gasteiger partial charge is 0.181 e. The molecule has 0 atom stereocenters. The summed E-state index contributed by atoms with van der Waals surface area (Å²) in [6.07, 6.45) is 5.63. The standard InChI is InChI=1S/C13H18O2S/c1-3-4-5-6-11-16(14,15)13-9-7-12(2)8-10-13/h5-10H,3-4,11H2,1-2H3/b6-5+. The fraction of sp³-hybridized carbons (Fsp3) is 0.385. The first kappa shape index (κ1) is 13.0. The van der Waals surface area contributed by atoms with Gasteiger partial charge in [-0.1, -0.05) is 43.2 Å². The Hall–Kier alpha value is -1.09. The lowest BCUT2D eigenvalue weighted by atomic mass is 10.2. The van der Waals surface area contributed by atoms with E-state index >= 15 is 0 Å². The van der Waals surface area contributed by atoms with E-state index in [4.69, 9.17) is 0 Å². The predicted octanol–water partition coefficient (Wildman–Crippen LogP) is 3.13. The molecule has 0 unspecified atom stereocenters. The lowest BCUT2D eigenvalue weighted by molar-refractivity contribution is 0.599. The lowest BCUT2D eigenvalue weighted by Crippen LogP contribution is -2.04. The van der Waals surface area contributed by atoms with Gasteiger partial charge in [-0.15, -0.1) is 0 Å². The van der Waals surface area contributed by atoms with E-state index in [0.717, 1.165) is 18.4 Å². The summed E-state index contributed by atoms with van der Waals surface area (Å²) in [5.74, 6) is 0.0933. The SMILES string of the molecule is CCC/C=C/CS(=O)(=O)c1ccc(C)cc1. The predicted molar refractivity (Wildman–Crippen MR) is 67.3 cm³/mol. The molecule has 3 heteroatoms. The molecule has 1 rings (SSSR count). The van der Waals surface area contributed by atoms with E-state index in [1.807, 2.05) is 25.1 Å². The van der Waals surface area contributed by atoms with E-state index in [1.54, 1.807) is 18.2 Å². The van der Waals surface area contributed by atoms with Gasteiger partial charge in [0.25, 0.3) is 0 Å². The van der Waals surface area contributed by atoms with Gasteiger partial charge in [-0.3, -0.25) is 0 Å². The molecule has 1 aromatic carbocycles. The number of hydrogen-bond donors (Lipinski definition) is 0. The third-order valence-corrected chi connectivity index (χ3v) is 3.94. The molecule has 0 radical (unpaired) electrons. The van der Waals surface area contributed by atoms with Crippen LogP contribution in [0.5, 0.6) is 0 Å². The van der Waals surface area contributed by atoms with Crippen LogP contribution < -0.4 is 0 Å². The summed E-state index contributed by atoms with van der Waals surface area (Å²) >= 11 is 0. The highest BCUT2D eigenvalue weighted by atomic mass is 32.2. The van der Waals surface area contributed by atoms with Crippen molar-refractivity contribution in [2.24, 2.45) is 0 Å². The average molecular weight is 238 g/mol. The zero-order valence-electron chi connectivity index (χ0n) is 9.81. The number of benzene rings is 1. The molecule has 0 aromatic heterocycles. The number of hydrogen-bond acceptors (Lipinski definition) is 2. The maximum Gasteiger partial charge on any atom is 0.181 e. The Balaban J connectivity index is 2.74. The van der Waals surface area contributed by atoms with Crippen molar-refractivity contribution in [3.05, 3.63) is 42.0 Å². The van der Waals surface area contributed by atoms with Gasteiger partial charge in [0.05, 0.1) is 10.6 Å². The van der Waals surface area contributed by atoms with Crippen LogP contribution in [0.25, 0.3) is 0 Å². The second kappa shape index (κ2) is 5.85. The van der Waals surface area contributed by atoms with Crippen LogP contribution >= 0.6 is 0 Å². The summed E-state index contributed by atoms with van der Waals surface area (Å²) < 4.78 is 23.7. The van der Waals surface area contributed by atoms with Gasteiger partial charge in [0.15, 0.2) is 9.84 Å². The van der Waals surface area contributed by atoms with Crippen LogP contribution in [0, 0.1) is 6.92 Å². The van der Waals surface area contributed by atoms with E-state index in [1.165, 1.54) is 0 Å². The maximum absolute atomic E-state index is 11.9.